The van der Waals surface area contributed by atoms with Gasteiger partial charge in [0, 0.05) is 17.5 Å². The van der Waals surface area contributed by atoms with E-state index >= 15 is 0 Å². The maximum Gasteiger partial charge on any atom is 0.341 e. The first kappa shape index (κ1) is 21.3. The Hall–Kier alpha value is -3.93. The number of benzene rings is 3. The van der Waals surface area contributed by atoms with Crippen molar-refractivity contribution in [3.8, 4) is 5.75 Å². The first-order chi connectivity index (χ1) is 15.6. The van der Waals surface area contributed by atoms with E-state index in [-0.39, 0.29) is 18.4 Å². The van der Waals surface area contributed by atoms with Gasteiger partial charge in [0.05, 0.1) is 5.71 Å². The number of hydrogen-bond donors (Lipinski definition) is 2. The zero-order valence-electron chi connectivity index (χ0n) is 17.5. The quantitative estimate of drug-likeness (QED) is 0.417. The molecule has 1 unspecified atom stereocenters. The van der Waals surface area contributed by atoms with E-state index in [2.05, 4.69) is 10.5 Å². The molecule has 6 nitrogen and oxygen atoms in total. The van der Waals surface area contributed by atoms with E-state index < -0.39 is 5.97 Å². The third-order valence-corrected chi connectivity index (χ3v) is 5.52. The van der Waals surface area contributed by atoms with Gasteiger partial charge in [0.2, 0.25) is 5.91 Å². The smallest absolute Gasteiger partial charge is 0.341 e. The zero-order chi connectivity index (χ0) is 22.3. The van der Waals surface area contributed by atoms with Crippen molar-refractivity contribution in [1.29, 1.82) is 0 Å². The number of nitrogens with one attached hydrogen (secondary N) is 1. The number of rotatable bonds is 8. The first-order valence-corrected chi connectivity index (χ1v) is 10.6. The topological polar surface area (TPSA) is 88.0 Å². The van der Waals surface area contributed by atoms with Crippen LogP contribution in [0.3, 0.4) is 0 Å². The van der Waals surface area contributed by atoms with E-state index in [0.29, 0.717) is 17.9 Å². The lowest BCUT2D eigenvalue weighted by atomic mass is 9.97. The van der Waals surface area contributed by atoms with Gasteiger partial charge in [-0.25, -0.2) is 10.2 Å². The van der Waals surface area contributed by atoms with Crippen LogP contribution in [0.25, 0.3) is 0 Å². The predicted molar refractivity (Wildman–Crippen MR) is 122 cm³/mol. The van der Waals surface area contributed by atoms with Crippen LogP contribution in [0, 0.1) is 0 Å². The minimum Gasteiger partial charge on any atom is -0.482 e. The van der Waals surface area contributed by atoms with Crippen molar-refractivity contribution in [3.63, 3.8) is 0 Å². The highest BCUT2D eigenvalue weighted by Gasteiger charge is 2.27. The SMILES string of the molecule is O=C(O)COc1cccc2c1CCC2CC(=O)NN=C(c1ccccc1)c1ccccc1. The molecule has 162 valence electrons. The number of carbonyl (C=O) groups excluding carboxylic acids is 1. The van der Waals surface area contributed by atoms with Gasteiger partial charge in [-0.2, -0.15) is 5.10 Å². The van der Waals surface area contributed by atoms with Crippen molar-refractivity contribution in [2.75, 3.05) is 6.61 Å². The summed E-state index contributed by atoms with van der Waals surface area (Å²) in [5, 5.41) is 13.3. The van der Waals surface area contributed by atoms with Gasteiger partial charge >= 0.3 is 5.97 Å². The Labute approximate surface area is 186 Å². The first-order valence-electron chi connectivity index (χ1n) is 10.6. The maximum absolute atomic E-state index is 12.7. The number of carboxylic acids is 1. The highest BCUT2D eigenvalue weighted by atomic mass is 16.5. The summed E-state index contributed by atoms with van der Waals surface area (Å²) in [6, 6.07) is 25.1. The summed E-state index contributed by atoms with van der Waals surface area (Å²) in [4.78, 5) is 23.6. The minimum atomic E-state index is -1.01. The lowest BCUT2D eigenvalue weighted by Crippen LogP contribution is -2.22. The molecular weight excluding hydrogens is 404 g/mol. The van der Waals surface area contributed by atoms with E-state index in [9.17, 15) is 9.59 Å². The van der Waals surface area contributed by atoms with Crippen LogP contribution in [0.5, 0.6) is 5.75 Å². The number of hydrazone groups is 1. The van der Waals surface area contributed by atoms with Gasteiger partial charge in [-0.15, -0.1) is 0 Å². The summed E-state index contributed by atoms with van der Waals surface area (Å²) < 4.78 is 5.42. The van der Waals surface area contributed by atoms with Gasteiger partial charge in [0.1, 0.15) is 5.75 Å². The molecule has 0 radical (unpaired) electrons. The van der Waals surface area contributed by atoms with Gasteiger partial charge in [-0.1, -0.05) is 72.8 Å². The Morgan fingerprint density at radius 2 is 1.59 bits per heavy atom. The van der Waals surface area contributed by atoms with Crippen molar-refractivity contribution in [2.24, 2.45) is 5.10 Å². The molecule has 0 aliphatic heterocycles. The summed E-state index contributed by atoms with van der Waals surface area (Å²) >= 11 is 0. The standard InChI is InChI=1S/C26H24N2O4/c29-24(16-20-14-15-22-21(20)12-7-13-23(22)32-17-25(30)31)27-28-26(18-8-3-1-4-9-18)19-10-5-2-6-11-19/h1-13,20H,14-17H2,(H,27,29)(H,30,31). The minimum absolute atomic E-state index is 0.0467. The molecule has 1 amide bonds. The average Bonchev–Trinajstić information content (AvgIpc) is 3.22. The Balaban J connectivity index is 1.48. The van der Waals surface area contributed by atoms with Crippen LogP contribution < -0.4 is 10.2 Å². The molecule has 2 N–H and O–H groups in total. The fourth-order valence-electron chi connectivity index (χ4n) is 4.07. The summed E-state index contributed by atoms with van der Waals surface area (Å²) in [6.07, 6.45) is 1.87. The molecule has 3 aromatic carbocycles. The van der Waals surface area contributed by atoms with E-state index in [0.717, 1.165) is 35.1 Å². The molecule has 32 heavy (non-hydrogen) atoms. The van der Waals surface area contributed by atoms with Crippen LogP contribution in [0.15, 0.2) is 84.0 Å². The van der Waals surface area contributed by atoms with Crippen LogP contribution >= 0.6 is 0 Å². The number of hydrogen-bond acceptors (Lipinski definition) is 4. The molecule has 4 rings (SSSR count). The fourth-order valence-corrected chi connectivity index (χ4v) is 4.07. The highest BCUT2D eigenvalue weighted by molar-refractivity contribution is 6.13. The molecule has 0 aromatic heterocycles. The fraction of sp³-hybridized carbons (Fsp3) is 0.192. The van der Waals surface area contributed by atoms with Crippen LogP contribution in [0.2, 0.25) is 0 Å². The lowest BCUT2D eigenvalue weighted by molar-refractivity contribution is -0.139. The summed E-state index contributed by atoms with van der Waals surface area (Å²) in [5.41, 5.74) is 7.31. The number of carboxylic acid groups (broad SMARTS) is 1. The third-order valence-electron chi connectivity index (χ3n) is 5.52. The van der Waals surface area contributed by atoms with E-state index in [1.165, 1.54) is 0 Å². The summed E-state index contributed by atoms with van der Waals surface area (Å²) in [6.45, 7) is -0.377. The molecule has 0 spiro atoms. The van der Waals surface area contributed by atoms with Crippen molar-refractivity contribution in [2.45, 2.75) is 25.2 Å². The zero-order valence-corrected chi connectivity index (χ0v) is 17.5. The Bertz CT molecular complexity index is 1090. The molecule has 6 heteroatoms. The Morgan fingerprint density at radius 1 is 0.938 bits per heavy atom. The monoisotopic (exact) mass is 428 g/mol. The third kappa shape index (κ3) is 5.03. The number of aliphatic carboxylic acids is 1. The van der Waals surface area contributed by atoms with Gasteiger partial charge in [0.25, 0.3) is 0 Å². The molecule has 1 aliphatic carbocycles. The molecule has 0 heterocycles. The maximum atomic E-state index is 12.7. The van der Waals surface area contributed by atoms with Crippen LogP contribution in [0.4, 0.5) is 0 Å². The molecule has 0 fully saturated rings. The van der Waals surface area contributed by atoms with Crippen LogP contribution in [0.1, 0.15) is 41.0 Å². The van der Waals surface area contributed by atoms with E-state index in [1.807, 2.05) is 72.8 Å². The summed E-state index contributed by atoms with van der Waals surface area (Å²) in [5.74, 6) is -0.544. The molecule has 1 aliphatic rings. The molecule has 0 saturated heterocycles. The normalized spacial score (nSPS) is 14.3. The number of nitrogens with zero attached hydrogens (tertiary/aromatic N) is 1. The van der Waals surface area contributed by atoms with E-state index in [1.54, 1.807) is 6.07 Å². The second kappa shape index (κ2) is 9.92. The molecule has 0 saturated carbocycles. The number of carbonyl (C=O) groups is 2. The molecule has 0 bridgehead atoms. The van der Waals surface area contributed by atoms with Crippen molar-refractivity contribution in [3.05, 3.63) is 101 Å². The number of ether oxygens (including phenoxy) is 1. The van der Waals surface area contributed by atoms with Gasteiger partial charge in [-0.3, -0.25) is 4.79 Å². The van der Waals surface area contributed by atoms with Crippen molar-refractivity contribution < 1.29 is 19.4 Å². The summed E-state index contributed by atoms with van der Waals surface area (Å²) in [7, 11) is 0. The predicted octanol–water partition coefficient (Wildman–Crippen LogP) is 4.14. The van der Waals surface area contributed by atoms with Gasteiger partial charge < -0.3 is 9.84 Å². The Kier molecular flexibility index (Phi) is 6.60. The second-order valence-corrected chi connectivity index (χ2v) is 7.67. The molecular formula is C26H24N2O4. The van der Waals surface area contributed by atoms with Crippen molar-refractivity contribution >= 4 is 17.6 Å². The highest BCUT2D eigenvalue weighted by Crippen LogP contribution is 2.40. The molecule has 3 aromatic rings. The second-order valence-electron chi connectivity index (χ2n) is 7.67. The van der Waals surface area contributed by atoms with Gasteiger partial charge in [-0.05, 0) is 36.0 Å². The largest absolute Gasteiger partial charge is 0.482 e. The van der Waals surface area contributed by atoms with Gasteiger partial charge in [0.15, 0.2) is 6.61 Å². The van der Waals surface area contributed by atoms with E-state index in [4.69, 9.17) is 9.84 Å². The number of fused-ring (bicyclic) bond motifs is 1. The van der Waals surface area contributed by atoms with Crippen LogP contribution in [-0.4, -0.2) is 29.3 Å². The number of amides is 1. The average molecular weight is 428 g/mol. The Morgan fingerprint density at radius 3 is 2.22 bits per heavy atom. The van der Waals surface area contributed by atoms with Crippen molar-refractivity contribution in [1.82, 2.24) is 5.43 Å². The lowest BCUT2D eigenvalue weighted by Gasteiger charge is -2.13. The molecule has 1 atom stereocenters. The van der Waals surface area contributed by atoms with Crippen LogP contribution in [-0.2, 0) is 16.0 Å².